The molecule has 0 bridgehead atoms. The number of nitrogens with one attached hydrogen (secondary N) is 2. The Morgan fingerprint density at radius 3 is 2.69 bits per heavy atom. The Balaban J connectivity index is 1.82. The average Bonchev–Trinajstić information content (AvgIpc) is 3.10. The molecule has 29 heavy (non-hydrogen) atoms. The van der Waals surface area contributed by atoms with Gasteiger partial charge in [-0.2, -0.15) is 0 Å². The number of aromatic nitrogens is 2. The maximum absolute atomic E-state index is 14.9. The minimum atomic E-state index is -2.78. The van der Waals surface area contributed by atoms with E-state index in [4.69, 9.17) is 33.7 Å². The van der Waals surface area contributed by atoms with Gasteiger partial charge in [-0.15, -0.1) is 0 Å². The zero-order valence-corrected chi connectivity index (χ0v) is 16.0. The number of nitrogen functional groups attached to an aromatic ring is 1. The quantitative estimate of drug-likeness (QED) is 0.461. The van der Waals surface area contributed by atoms with Crippen LogP contribution in [0.4, 0.5) is 18.9 Å². The zero-order chi connectivity index (χ0) is 21.1. The van der Waals surface area contributed by atoms with Crippen molar-refractivity contribution in [2.45, 2.75) is 13.0 Å². The lowest BCUT2D eigenvalue weighted by molar-refractivity contribution is 0.0946. The van der Waals surface area contributed by atoms with E-state index in [1.54, 1.807) is 0 Å². The van der Waals surface area contributed by atoms with Crippen LogP contribution in [-0.2, 0) is 6.54 Å². The summed E-state index contributed by atoms with van der Waals surface area (Å²) < 4.78 is 46.1. The molecule has 0 saturated heterocycles. The van der Waals surface area contributed by atoms with Crippen molar-refractivity contribution in [1.29, 1.82) is 0 Å². The molecule has 0 aliphatic carbocycles. The monoisotopic (exact) mass is 444 g/mol. The van der Waals surface area contributed by atoms with Crippen LogP contribution in [0.1, 0.15) is 28.0 Å². The van der Waals surface area contributed by atoms with E-state index in [1.807, 2.05) is 0 Å². The Bertz CT molecular complexity index is 1060. The van der Waals surface area contributed by atoms with Crippen molar-refractivity contribution in [3.63, 3.8) is 0 Å². The van der Waals surface area contributed by atoms with Gasteiger partial charge in [-0.25, -0.2) is 18.2 Å². The number of halogens is 5. The van der Waals surface area contributed by atoms with Gasteiger partial charge in [0.15, 0.2) is 16.7 Å². The highest BCUT2D eigenvalue weighted by Crippen LogP contribution is 2.36. The Morgan fingerprint density at radius 2 is 2.03 bits per heavy atom. The molecule has 152 valence electrons. The first kappa shape index (κ1) is 20.8. The number of hydrogen-bond acceptors (Lipinski definition) is 4. The molecule has 1 heterocycles. The summed E-state index contributed by atoms with van der Waals surface area (Å²) >= 11 is 11.7. The third-order valence-corrected chi connectivity index (χ3v) is 4.40. The Hall–Kier alpha value is -2.91. The number of nitrogens with zero attached hydrogens (tertiary/aromatic N) is 1. The van der Waals surface area contributed by atoms with Gasteiger partial charge < -0.3 is 20.8 Å². The Morgan fingerprint density at radius 1 is 1.28 bits per heavy atom. The summed E-state index contributed by atoms with van der Waals surface area (Å²) in [7, 11) is 0. The first-order valence-corrected chi connectivity index (χ1v) is 8.82. The van der Waals surface area contributed by atoms with Crippen molar-refractivity contribution >= 4 is 34.8 Å². The third kappa shape index (κ3) is 4.75. The molecular weight excluding hydrogens is 432 g/mol. The molecule has 0 aliphatic heterocycles. The number of aromatic amines is 1. The van der Waals surface area contributed by atoms with Crippen LogP contribution in [0.3, 0.4) is 0 Å². The number of ether oxygens (including phenoxy) is 1. The molecule has 0 fully saturated rings. The second-order valence-electron chi connectivity index (χ2n) is 5.84. The van der Waals surface area contributed by atoms with E-state index in [9.17, 15) is 18.0 Å². The normalized spacial score (nSPS) is 11.0. The predicted molar refractivity (Wildman–Crippen MR) is 102 cm³/mol. The van der Waals surface area contributed by atoms with Crippen molar-refractivity contribution in [3.05, 3.63) is 69.5 Å². The topological polar surface area (TPSA) is 93.0 Å². The van der Waals surface area contributed by atoms with E-state index in [2.05, 4.69) is 15.3 Å². The van der Waals surface area contributed by atoms with Gasteiger partial charge in [-0.3, -0.25) is 4.79 Å². The van der Waals surface area contributed by atoms with Gasteiger partial charge >= 0.3 is 0 Å². The van der Waals surface area contributed by atoms with Crippen LogP contribution >= 0.6 is 23.2 Å². The lowest BCUT2D eigenvalue weighted by atomic mass is 10.1. The molecule has 1 aromatic heterocycles. The molecule has 0 atom stereocenters. The molecule has 0 radical (unpaired) electrons. The molecule has 11 heteroatoms. The van der Waals surface area contributed by atoms with Gasteiger partial charge in [0.25, 0.3) is 12.3 Å². The molecule has 0 spiro atoms. The third-order valence-electron chi connectivity index (χ3n) is 3.81. The second kappa shape index (κ2) is 8.62. The van der Waals surface area contributed by atoms with Crippen LogP contribution in [0.2, 0.25) is 10.2 Å². The van der Waals surface area contributed by atoms with Crippen LogP contribution in [0.5, 0.6) is 11.5 Å². The predicted octanol–water partition coefficient (Wildman–Crippen LogP) is 5.10. The summed E-state index contributed by atoms with van der Waals surface area (Å²) in [5.41, 5.74) is 5.31. The lowest BCUT2D eigenvalue weighted by Crippen LogP contribution is -2.24. The molecule has 4 N–H and O–H groups in total. The van der Waals surface area contributed by atoms with Gasteiger partial charge in [-0.1, -0.05) is 29.3 Å². The number of amides is 1. The van der Waals surface area contributed by atoms with Crippen molar-refractivity contribution in [1.82, 2.24) is 15.3 Å². The molecule has 3 aromatic rings. The van der Waals surface area contributed by atoms with Crippen LogP contribution < -0.4 is 15.8 Å². The number of hydrogen-bond donors (Lipinski definition) is 3. The number of nitrogens with two attached hydrogens (primary N) is 1. The number of benzene rings is 2. The molecule has 0 unspecified atom stereocenters. The number of rotatable bonds is 6. The van der Waals surface area contributed by atoms with E-state index in [1.165, 1.54) is 24.5 Å². The van der Waals surface area contributed by atoms with Crippen molar-refractivity contribution in [3.8, 4) is 11.5 Å². The highest BCUT2D eigenvalue weighted by Gasteiger charge is 2.18. The van der Waals surface area contributed by atoms with Gasteiger partial charge in [0, 0.05) is 29.4 Å². The molecule has 1 amide bonds. The maximum Gasteiger partial charge on any atom is 0.271 e. The maximum atomic E-state index is 14.9. The SMILES string of the molecule is Nc1cc(Oc2c(Cl)ccc(CNC(=O)c3[nH]cnc3Cl)c2F)cc(C(F)F)c1. The second-order valence-corrected chi connectivity index (χ2v) is 6.60. The number of carbonyl (C=O) groups excluding carboxylic acids is 1. The number of H-pyrrole nitrogens is 1. The van der Waals surface area contributed by atoms with Crippen molar-refractivity contribution in [2.75, 3.05) is 5.73 Å². The van der Waals surface area contributed by atoms with Crippen molar-refractivity contribution in [2.24, 2.45) is 0 Å². The van der Waals surface area contributed by atoms with E-state index >= 15 is 0 Å². The van der Waals surface area contributed by atoms with E-state index in [0.29, 0.717) is 0 Å². The highest BCUT2D eigenvalue weighted by molar-refractivity contribution is 6.32. The van der Waals surface area contributed by atoms with Crippen LogP contribution in [-0.4, -0.2) is 15.9 Å². The summed E-state index contributed by atoms with van der Waals surface area (Å²) in [6.45, 7) is -0.216. The standard InChI is InChI=1S/C18H13Cl2F3N4O2/c19-12-2-1-8(6-25-18(28)14-16(20)27-7-26-14)13(21)15(12)29-11-4-9(17(22)23)3-10(24)5-11/h1-5,7,17H,6,24H2,(H,25,28)(H,26,27). The summed E-state index contributed by atoms with van der Waals surface area (Å²) in [5.74, 6) is -1.95. The summed E-state index contributed by atoms with van der Waals surface area (Å²) in [6.07, 6.45) is -1.54. The Kier molecular flexibility index (Phi) is 6.19. The molecule has 0 aliphatic rings. The van der Waals surface area contributed by atoms with Gasteiger partial charge in [0.2, 0.25) is 0 Å². The molecule has 0 saturated carbocycles. The molecule has 2 aromatic carbocycles. The first-order valence-electron chi connectivity index (χ1n) is 8.06. The molecular formula is C18H13Cl2F3N4O2. The van der Waals surface area contributed by atoms with E-state index in [0.717, 1.165) is 12.1 Å². The van der Waals surface area contributed by atoms with Crippen LogP contribution in [0.15, 0.2) is 36.7 Å². The first-order chi connectivity index (χ1) is 13.8. The highest BCUT2D eigenvalue weighted by atomic mass is 35.5. The van der Waals surface area contributed by atoms with Gasteiger partial charge in [-0.05, 0) is 18.2 Å². The number of imidazole rings is 1. The molecule has 6 nitrogen and oxygen atoms in total. The van der Waals surface area contributed by atoms with Gasteiger partial charge in [0.1, 0.15) is 11.4 Å². The molecule has 3 rings (SSSR count). The zero-order valence-electron chi connectivity index (χ0n) is 14.5. The fourth-order valence-electron chi connectivity index (χ4n) is 2.45. The minimum Gasteiger partial charge on any atom is -0.453 e. The number of anilines is 1. The van der Waals surface area contributed by atoms with E-state index < -0.39 is 18.1 Å². The fraction of sp³-hybridized carbons (Fsp3) is 0.111. The fourth-order valence-corrected chi connectivity index (χ4v) is 2.83. The largest absolute Gasteiger partial charge is 0.453 e. The number of carbonyl (C=O) groups is 1. The average molecular weight is 445 g/mol. The summed E-state index contributed by atoms with van der Waals surface area (Å²) in [5, 5.41) is 2.36. The van der Waals surface area contributed by atoms with Crippen LogP contribution in [0.25, 0.3) is 0 Å². The van der Waals surface area contributed by atoms with Crippen LogP contribution in [0, 0.1) is 5.82 Å². The van der Waals surface area contributed by atoms with Gasteiger partial charge in [0.05, 0.1) is 11.3 Å². The Labute approximate surface area is 172 Å². The smallest absolute Gasteiger partial charge is 0.271 e. The summed E-state index contributed by atoms with van der Waals surface area (Å²) in [4.78, 5) is 18.3. The van der Waals surface area contributed by atoms with Crippen molar-refractivity contribution < 1.29 is 22.7 Å². The lowest BCUT2D eigenvalue weighted by Gasteiger charge is -2.14. The van der Waals surface area contributed by atoms with E-state index in [-0.39, 0.29) is 50.7 Å². The minimum absolute atomic E-state index is 0.0224. The summed E-state index contributed by atoms with van der Waals surface area (Å²) in [6, 6.07) is 6.08. The number of alkyl halides is 2.